The smallest absolute Gasteiger partial charge is 0.311 e. The average molecular weight is 610 g/mol. The van der Waals surface area contributed by atoms with E-state index in [1.54, 1.807) is 0 Å². The van der Waals surface area contributed by atoms with Crippen molar-refractivity contribution < 1.29 is 27.8 Å². The van der Waals surface area contributed by atoms with Crippen molar-refractivity contribution in [3.8, 4) is 22.6 Å². The highest BCUT2D eigenvalue weighted by atomic mass is 35.5. The first-order chi connectivity index (χ1) is 20.7. The van der Waals surface area contributed by atoms with Crippen molar-refractivity contribution in [1.82, 2.24) is 14.9 Å². The standard InChI is InChI=1S/C30H26ClF2N5O5/c31-26-25(9-11-36-28(26)34)43-24-8-7-20(12-23(24)33)37-29(40)22-15-38(16-42-30(41)18-2-1-10-35-13-18)14-21(27(22)39)17-3-5-19(32)6-4-17/h3-9,11-12,14-15,18,35H,1-2,10,13,16H2,(H2,34,36)(H,37,40). The molecule has 13 heteroatoms. The molecule has 5 rings (SSSR count). The van der Waals surface area contributed by atoms with Crippen molar-refractivity contribution in [2.75, 3.05) is 24.1 Å². The zero-order chi connectivity index (χ0) is 30.5. The van der Waals surface area contributed by atoms with Crippen LogP contribution in [0.1, 0.15) is 23.2 Å². The van der Waals surface area contributed by atoms with Crippen LogP contribution in [-0.4, -0.2) is 34.5 Å². The maximum atomic E-state index is 14.9. The summed E-state index contributed by atoms with van der Waals surface area (Å²) < 4.78 is 40.8. The summed E-state index contributed by atoms with van der Waals surface area (Å²) in [7, 11) is 0. The molecule has 0 saturated carbocycles. The Bertz CT molecular complexity index is 1730. The quantitative estimate of drug-likeness (QED) is 0.238. The van der Waals surface area contributed by atoms with Crippen LogP contribution in [0, 0.1) is 17.6 Å². The molecule has 1 saturated heterocycles. The fourth-order valence-electron chi connectivity index (χ4n) is 4.51. The van der Waals surface area contributed by atoms with E-state index in [1.807, 2.05) is 0 Å². The summed E-state index contributed by atoms with van der Waals surface area (Å²) in [6.07, 6.45) is 5.54. The SMILES string of the molecule is Nc1nccc(Oc2ccc(NC(=O)c3cn(COC(=O)C4CCCNC4)cc(-c4ccc(F)cc4)c3=O)cc2F)c1Cl. The van der Waals surface area contributed by atoms with Gasteiger partial charge < -0.3 is 30.4 Å². The topological polar surface area (TPSA) is 138 Å². The monoisotopic (exact) mass is 609 g/mol. The molecule has 0 spiro atoms. The Morgan fingerprint density at radius 1 is 1.12 bits per heavy atom. The van der Waals surface area contributed by atoms with Crippen LogP contribution in [0.2, 0.25) is 5.02 Å². The van der Waals surface area contributed by atoms with Crippen molar-refractivity contribution in [3.05, 3.63) is 99.6 Å². The number of nitrogens with zero attached hydrogens (tertiary/aromatic N) is 2. The first kappa shape index (κ1) is 29.7. The van der Waals surface area contributed by atoms with Crippen molar-refractivity contribution in [3.63, 3.8) is 0 Å². The number of piperidine rings is 1. The number of anilines is 2. The van der Waals surface area contributed by atoms with E-state index in [4.69, 9.17) is 26.8 Å². The van der Waals surface area contributed by atoms with Gasteiger partial charge in [-0.1, -0.05) is 23.7 Å². The Kier molecular flexibility index (Phi) is 8.98. The van der Waals surface area contributed by atoms with Crippen LogP contribution in [0.25, 0.3) is 11.1 Å². The lowest BCUT2D eigenvalue weighted by Gasteiger charge is -2.21. The number of amides is 1. The Hall–Kier alpha value is -4.81. The van der Waals surface area contributed by atoms with E-state index in [1.165, 1.54) is 65.6 Å². The molecule has 1 aliphatic rings. The lowest BCUT2D eigenvalue weighted by atomic mass is 10.0. The minimum Gasteiger partial charge on any atom is -0.453 e. The van der Waals surface area contributed by atoms with Gasteiger partial charge in [-0.3, -0.25) is 14.4 Å². The van der Waals surface area contributed by atoms with Gasteiger partial charge in [0, 0.05) is 48.5 Å². The van der Waals surface area contributed by atoms with E-state index in [-0.39, 0.29) is 51.8 Å². The lowest BCUT2D eigenvalue weighted by Crippen LogP contribution is -2.35. The molecule has 3 heterocycles. The zero-order valence-corrected chi connectivity index (χ0v) is 23.4. The molecule has 1 amide bonds. The first-order valence-electron chi connectivity index (χ1n) is 13.3. The number of hydrogen-bond donors (Lipinski definition) is 3. The molecule has 1 atom stereocenters. The number of benzene rings is 2. The number of nitrogens with two attached hydrogens (primary N) is 1. The second-order valence-electron chi connectivity index (χ2n) is 9.78. The third kappa shape index (κ3) is 6.99. The molecule has 4 N–H and O–H groups in total. The number of carbonyl (C=O) groups excluding carboxylic acids is 2. The van der Waals surface area contributed by atoms with Crippen LogP contribution in [0.3, 0.4) is 0 Å². The molecule has 1 aliphatic heterocycles. The molecule has 2 aromatic heterocycles. The highest BCUT2D eigenvalue weighted by molar-refractivity contribution is 6.34. The minimum atomic E-state index is -0.844. The van der Waals surface area contributed by atoms with E-state index in [9.17, 15) is 23.2 Å². The molecule has 1 unspecified atom stereocenters. The van der Waals surface area contributed by atoms with Crippen molar-refractivity contribution in [2.45, 2.75) is 19.6 Å². The summed E-state index contributed by atoms with van der Waals surface area (Å²) in [6, 6.07) is 10.2. The molecule has 2 aromatic carbocycles. The molecule has 43 heavy (non-hydrogen) atoms. The molecular weight excluding hydrogens is 584 g/mol. The van der Waals surface area contributed by atoms with Crippen LogP contribution in [-0.2, 0) is 16.3 Å². The number of ether oxygens (including phenoxy) is 2. The van der Waals surface area contributed by atoms with E-state index < -0.39 is 28.9 Å². The summed E-state index contributed by atoms with van der Waals surface area (Å²) >= 11 is 6.06. The van der Waals surface area contributed by atoms with Gasteiger partial charge in [-0.05, 0) is 49.2 Å². The zero-order valence-electron chi connectivity index (χ0n) is 22.6. The number of pyridine rings is 2. The van der Waals surface area contributed by atoms with Gasteiger partial charge in [-0.2, -0.15) is 0 Å². The fourth-order valence-corrected chi connectivity index (χ4v) is 4.66. The van der Waals surface area contributed by atoms with Gasteiger partial charge in [0.25, 0.3) is 5.91 Å². The van der Waals surface area contributed by atoms with Crippen LogP contribution in [0.15, 0.2) is 71.9 Å². The van der Waals surface area contributed by atoms with Crippen LogP contribution >= 0.6 is 11.6 Å². The Balaban J connectivity index is 1.39. The number of esters is 1. The molecule has 0 aliphatic carbocycles. The van der Waals surface area contributed by atoms with Gasteiger partial charge in [0.15, 0.2) is 24.0 Å². The van der Waals surface area contributed by atoms with E-state index in [0.29, 0.717) is 18.5 Å². The minimum absolute atomic E-state index is 0.0117. The maximum absolute atomic E-state index is 14.9. The second kappa shape index (κ2) is 13.0. The highest BCUT2D eigenvalue weighted by Crippen LogP contribution is 2.34. The maximum Gasteiger partial charge on any atom is 0.311 e. The van der Waals surface area contributed by atoms with E-state index in [0.717, 1.165) is 19.0 Å². The predicted molar refractivity (Wildman–Crippen MR) is 156 cm³/mol. The third-order valence-corrected chi connectivity index (χ3v) is 7.14. The number of halogens is 3. The molecule has 222 valence electrons. The largest absolute Gasteiger partial charge is 0.453 e. The van der Waals surface area contributed by atoms with Crippen LogP contribution < -0.4 is 26.5 Å². The highest BCUT2D eigenvalue weighted by Gasteiger charge is 2.23. The average Bonchev–Trinajstić information content (AvgIpc) is 3.01. The van der Waals surface area contributed by atoms with Gasteiger partial charge in [0.1, 0.15) is 22.2 Å². The number of aromatic nitrogens is 2. The molecule has 0 bridgehead atoms. The van der Waals surface area contributed by atoms with E-state index >= 15 is 0 Å². The first-order valence-corrected chi connectivity index (χ1v) is 13.6. The summed E-state index contributed by atoms with van der Waals surface area (Å²) in [6.45, 7) is 1.06. The van der Waals surface area contributed by atoms with Gasteiger partial charge in [0.05, 0.1) is 5.92 Å². The molecule has 10 nitrogen and oxygen atoms in total. The number of carbonyl (C=O) groups is 2. The fraction of sp³-hybridized carbons (Fsp3) is 0.200. The molecule has 1 fully saturated rings. The van der Waals surface area contributed by atoms with Gasteiger partial charge >= 0.3 is 5.97 Å². The molecule has 0 radical (unpaired) electrons. The van der Waals surface area contributed by atoms with Crippen molar-refractivity contribution in [2.24, 2.45) is 5.92 Å². The summed E-state index contributed by atoms with van der Waals surface area (Å²) in [5.41, 5.74) is 5.14. The number of nitrogen functional groups attached to an aromatic ring is 1. The van der Waals surface area contributed by atoms with Gasteiger partial charge in [-0.25, -0.2) is 13.8 Å². The Labute approximate surface area is 249 Å². The summed E-state index contributed by atoms with van der Waals surface area (Å²) in [4.78, 5) is 43.1. The van der Waals surface area contributed by atoms with E-state index in [2.05, 4.69) is 15.6 Å². The second-order valence-corrected chi connectivity index (χ2v) is 10.2. The van der Waals surface area contributed by atoms with Crippen molar-refractivity contribution in [1.29, 1.82) is 0 Å². The van der Waals surface area contributed by atoms with Crippen LogP contribution in [0.5, 0.6) is 11.5 Å². The Morgan fingerprint density at radius 3 is 2.63 bits per heavy atom. The third-order valence-electron chi connectivity index (χ3n) is 6.76. The molecular formula is C30H26ClF2N5O5. The molecule has 4 aromatic rings. The number of rotatable bonds is 8. The number of nitrogens with one attached hydrogen (secondary N) is 2. The lowest BCUT2D eigenvalue weighted by molar-refractivity contribution is -0.153. The number of hydrogen-bond acceptors (Lipinski definition) is 8. The van der Waals surface area contributed by atoms with Gasteiger partial charge in [0.2, 0.25) is 5.43 Å². The van der Waals surface area contributed by atoms with Crippen molar-refractivity contribution >= 4 is 35.0 Å². The predicted octanol–water partition coefficient (Wildman–Crippen LogP) is 4.97. The van der Waals surface area contributed by atoms with Crippen LogP contribution in [0.4, 0.5) is 20.3 Å². The normalized spacial score (nSPS) is 14.6. The summed E-state index contributed by atoms with van der Waals surface area (Å²) in [5, 5.41) is 5.66. The van der Waals surface area contributed by atoms with Gasteiger partial charge in [-0.15, -0.1) is 0 Å². The Morgan fingerprint density at radius 2 is 1.91 bits per heavy atom. The summed E-state index contributed by atoms with van der Waals surface area (Å²) in [5.74, 6) is -2.98.